The number of halogens is 1. The molecule has 2 rings (SSSR count). The lowest BCUT2D eigenvalue weighted by Gasteiger charge is -2.56. The zero-order chi connectivity index (χ0) is 11.2. The number of hydrogen-bond acceptors (Lipinski definition) is 3. The third kappa shape index (κ3) is 1.71. The molecule has 3 nitrogen and oxygen atoms in total. The summed E-state index contributed by atoms with van der Waals surface area (Å²) in [6.07, 6.45) is 0.993. The molecule has 2 saturated heterocycles. The van der Waals surface area contributed by atoms with Gasteiger partial charge in [0.2, 0.25) is 0 Å². The first-order valence-electron chi connectivity index (χ1n) is 5.74. The van der Waals surface area contributed by atoms with Gasteiger partial charge in [0.1, 0.15) is 6.17 Å². The van der Waals surface area contributed by atoms with Crippen LogP contribution in [0.4, 0.5) is 4.39 Å². The smallest absolute Gasteiger partial charge is 0.377 e. The number of aliphatic hydroxyl groups excluding tert-OH is 1. The van der Waals surface area contributed by atoms with Crippen LogP contribution in [0.5, 0.6) is 0 Å². The van der Waals surface area contributed by atoms with E-state index >= 15 is 0 Å². The fourth-order valence-electron chi connectivity index (χ4n) is 3.43. The van der Waals surface area contributed by atoms with Gasteiger partial charge in [-0.25, -0.2) is 4.39 Å². The van der Waals surface area contributed by atoms with Crippen molar-refractivity contribution >= 4 is 7.05 Å². The molecule has 2 fully saturated rings. The summed E-state index contributed by atoms with van der Waals surface area (Å²) in [6, 6.07) is -0.313. The van der Waals surface area contributed by atoms with Crippen molar-refractivity contribution in [1.29, 1.82) is 0 Å². The van der Waals surface area contributed by atoms with Gasteiger partial charge in [0.15, 0.2) is 0 Å². The maximum Gasteiger partial charge on any atom is 0.377 e. The van der Waals surface area contributed by atoms with Gasteiger partial charge < -0.3 is 14.9 Å². The quantitative estimate of drug-likeness (QED) is 0.636. The molecule has 1 unspecified atom stereocenters. The molecule has 4 atom stereocenters. The van der Waals surface area contributed by atoms with Crippen LogP contribution in [0.25, 0.3) is 0 Å². The van der Waals surface area contributed by atoms with Crippen molar-refractivity contribution in [3.05, 3.63) is 0 Å². The molecule has 0 amide bonds. The standard InChI is InChI=1S/C10H19BFNO2/c1-10-5-3-4-7(13(10)11(2)15)9(12)8(14)6-10/h7-9,14-15H,3-6H2,1-2H3/t7?,8-,9+,10-/m0/s1. The highest BCUT2D eigenvalue weighted by atomic mass is 19.1. The highest BCUT2D eigenvalue weighted by molar-refractivity contribution is 6.45. The lowest BCUT2D eigenvalue weighted by molar-refractivity contribution is -0.0919. The SMILES string of the molecule is CB(O)N1C2CCC[C@@]1(C)C[C@H](O)[C@@H]2F. The van der Waals surface area contributed by atoms with Gasteiger partial charge in [-0.15, -0.1) is 0 Å². The van der Waals surface area contributed by atoms with Crippen LogP contribution in [-0.2, 0) is 0 Å². The number of hydrogen-bond donors (Lipinski definition) is 2. The first-order chi connectivity index (χ1) is 6.96. The van der Waals surface area contributed by atoms with Crippen LogP contribution in [0, 0.1) is 0 Å². The molecule has 0 aromatic heterocycles. The Morgan fingerprint density at radius 1 is 1.53 bits per heavy atom. The summed E-state index contributed by atoms with van der Waals surface area (Å²) in [5, 5.41) is 19.4. The van der Waals surface area contributed by atoms with E-state index in [1.54, 1.807) is 6.82 Å². The molecule has 2 heterocycles. The summed E-state index contributed by atoms with van der Waals surface area (Å²) in [6.45, 7) is 3.70. The zero-order valence-electron chi connectivity index (χ0n) is 9.36. The first kappa shape index (κ1) is 11.4. The molecule has 86 valence electrons. The van der Waals surface area contributed by atoms with Crippen molar-refractivity contribution < 1.29 is 14.5 Å². The number of alkyl halides is 1. The van der Waals surface area contributed by atoms with Gasteiger partial charge in [0, 0.05) is 11.6 Å². The van der Waals surface area contributed by atoms with Crippen molar-refractivity contribution in [2.45, 2.75) is 63.3 Å². The van der Waals surface area contributed by atoms with Crippen LogP contribution in [-0.4, -0.2) is 45.8 Å². The van der Waals surface area contributed by atoms with Crippen molar-refractivity contribution in [2.24, 2.45) is 0 Å². The summed E-state index contributed by atoms with van der Waals surface area (Å²) in [5.41, 5.74) is -0.237. The minimum absolute atomic E-state index is 0.237. The molecule has 2 aliphatic rings. The van der Waals surface area contributed by atoms with Crippen LogP contribution in [0.2, 0.25) is 6.82 Å². The van der Waals surface area contributed by atoms with Crippen LogP contribution < -0.4 is 0 Å². The van der Waals surface area contributed by atoms with Crippen molar-refractivity contribution in [3.8, 4) is 0 Å². The molecule has 0 aromatic rings. The number of aliphatic hydroxyl groups is 1. The Balaban J connectivity index is 2.29. The molecule has 15 heavy (non-hydrogen) atoms. The number of piperidine rings is 2. The molecule has 2 bridgehead atoms. The largest absolute Gasteiger partial charge is 0.437 e. The minimum Gasteiger partial charge on any atom is -0.437 e. The maximum absolute atomic E-state index is 13.8. The van der Waals surface area contributed by atoms with Crippen LogP contribution >= 0.6 is 0 Å². The van der Waals surface area contributed by atoms with Gasteiger partial charge >= 0.3 is 7.05 Å². The Morgan fingerprint density at radius 2 is 2.20 bits per heavy atom. The van der Waals surface area contributed by atoms with Gasteiger partial charge in [-0.2, -0.15) is 0 Å². The maximum atomic E-state index is 13.8. The molecule has 5 heteroatoms. The predicted octanol–water partition coefficient (Wildman–Crippen LogP) is 0.813. The van der Waals surface area contributed by atoms with Gasteiger partial charge in [0.05, 0.1) is 6.10 Å². The monoisotopic (exact) mass is 215 g/mol. The van der Waals surface area contributed by atoms with Crippen molar-refractivity contribution in [1.82, 2.24) is 4.81 Å². The summed E-state index contributed by atoms with van der Waals surface area (Å²) < 4.78 is 13.8. The highest BCUT2D eigenvalue weighted by Gasteiger charge is 2.53. The van der Waals surface area contributed by atoms with E-state index in [-0.39, 0.29) is 11.6 Å². The highest BCUT2D eigenvalue weighted by Crippen LogP contribution is 2.43. The fourth-order valence-corrected chi connectivity index (χ4v) is 3.43. The topological polar surface area (TPSA) is 43.7 Å². The van der Waals surface area contributed by atoms with Crippen LogP contribution in [0.1, 0.15) is 32.6 Å². The van der Waals surface area contributed by atoms with E-state index in [9.17, 15) is 14.5 Å². The first-order valence-corrected chi connectivity index (χ1v) is 5.74. The Hall–Kier alpha value is -0.125. The lowest BCUT2D eigenvalue weighted by atomic mass is 9.65. The van der Waals surface area contributed by atoms with E-state index in [0.717, 1.165) is 19.3 Å². The Labute approximate surface area is 90.4 Å². The minimum atomic E-state index is -1.21. The van der Waals surface area contributed by atoms with Gasteiger partial charge in [-0.1, -0.05) is 6.42 Å². The van der Waals surface area contributed by atoms with E-state index in [1.807, 2.05) is 11.7 Å². The Kier molecular flexibility index (Phi) is 2.82. The lowest BCUT2D eigenvalue weighted by Crippen LogP contribution is -2.69. The third-order valence-corrected chi connectivity index (χ3v) is 3.98. The average Bonchev–Trinajstić information content (AvgIpc) is 2.13. The van der Waals surface area contributed by atoms with E-state index < -0.39 is 19.3 Å². The van der Waals surface area contributed by atoms with E-state index in [4.69, 9.17) is 0 Å². The van der Waals surface area contributed by atoms with E-state index in [2.05, 4.69) is 0 Å². The molecule has 0 spiro atoms. The molecule has 0 aromatic carbocycles. The van der Waals surface area contributed by atoms with E-state index in [0.29, 0.717) is 6.42 Å². The summed E-state index contributed by atoms with van der Waals surface area (Å²) in [7, 11) is -0.633. The molecular weight excluding hydrogens is 196 g/mol. The molecule has 0 aliphatic carbocycles. The number of fused-ring (bicyclic) bond motifs is 2. The predicted molar refractivity (Wildman–Crippen MR) is 57.2 cm³/mol. The molecule has 2 aliphatic heterocycles. The van der Waals surface area contributed by atoms with Crippen molar-refractivity contribution in [2.75, 3.05) is 0 Å². The van der Waals surface area contributed by atoms with Crippen molar-refractivity contribution in [3.63, 3.8) is 0 Å². The summed E-state index contributed by atoms with van der Waals surface area (Å²) >= 11 is 0. The third-order valence-electron chi connectivity index (χ3n) is 3.98. The van der Waals surface area contributed by atoms with Gasteiger partial charge in [-0.05, 0) is 33.0 Å². The van der Waals surface area contributed by atoms with Gasteiger partial charge in [0.25, 0.3) is 0 Å². The van der Waals surface area contributed by atoms with Crippen LogP contribution in [0.15, 0.2) is 0 Å². The second-order valence-corrected chi connectivity index (χ2v) is 5.21. The average molecular weight is 215 g/mol. The summed E-state index contributed by atoms with van der Waals surface area (Å²) in [4.78, 5) is 1.86. The summed E-state index contributed by atoms with van der Waals surface area (Å²) in [5.74, 6) is 0. The molecular formula is C10H19BFNO2. The fraction of sp³-hybridized carbons (Fsp3) is 1.00. The normalized spacial score (nSPS) is 46.6. The van der Waals surface area contributed by atoms with Gasteiger partial charge in [-0.3, -0.25) is 0 Å². The second kappa shape index (κ2) is 3.72. The second-order valence-electron chi connectivity index (χ2n) is 5.21. The zero-order valence-corrected chi connectivity index (χ0v) is 9.36. The molecule has 0 radical (unpaired) electrons. The molecule has 0 saturated carbocycles. The molecule has 2 N–H and O–H groups in total. The Morgan fingerprint density at radius 3 is 2.80 bits per heavy atom. The number of rotatable bonds is 1. The Bertz CT molecular complexity index is 254. The number of nitrogens with zero attached hydrogens (tertiary/aromatic N) is 1. The van der Waals surface area contributed by atoms with Crippen LogP contribution in [0.3, 0.4) is 0 Å². The van der Waals surface area contributed by atoms with E-state index in [1.165, 1.54) is 0 Å².